The fourth-order valence-electron chi connectivity index (χ4n) is 4.06. The quantitative estimate of drug-likeness (QED) is 0.558. The molecule has 1 saturated carbocycles. The molecule has 1 amide bonds. The number of hydrogen-bond donors (Lipinski definition) is 2. The van der Waals surface area contributed by atoms with E-state index in [4.69, 9.17) is 0 Å². The second-order valence-corrected chi connectivity index (χ2v) is 8.06. The second kappa shape index (κ2) is 8.47. The van der Waals surface area contributed by atoms with Gasteiger partial charge in [-0.25, -0.2) is 9.79 Å². The molecule has 2 unspecified atom stereocenters. The summed E-state index contributed by atoms with van der Waals surface area (Å²) in [6, 6.07) is 13.0. The molecule has 1 aromatic carbocycles. The Balaban J connectivity index is 1.56. The second-order valence-electron chi connectivity index (χ2n) is 8.06. The Hall–Kier alpha value is -3.26. The number of carbonyl (C=O) groups is 2. The van der Waals surface area contributed by atoms with Crippen LogP contribution in [-0.4, -0.2) is 81.0 Å². The Labute approximate surface area is 180 Å². The Kier molecular flexibility index (Phi) is 5.73. The molecule has 2 atom stereocenters. The van der Waals surface area contributed by atoms with Gasteiger partial charge in [0.05, 0.1) is 0 Å². The van der Waals surface area contributed by atoms with Crippen LogP contribution in [0.15, 0.2) is 53.7 Å². The monoisotopic (exact) mass is 422 g/mol. The number of aromatic nitrogens is 1. The molecule has 1 saturated heterocycles. The van der Waals surface area contributed by atoms with Crippen molar-refractivity contribution >= 4 is 17.7 Å². The molecule has 0 bridgehead atoms. The molecule has 2 aromatic rings. The molecule has 0 radical (unpaired) electrons. The van der Waals surface area contributed by atoms with Gasteiger partial charge < -0.3 is 20.0 Å². The van der Waals surface area contributed by atoms with Crippen molar-refractivity contribution in [2.75, 3.05) is 32.8 Å². The summed E-state index contributed by atoms with van der Waals surface area (Å²) in [7, 11) is 0. The van der Waals surface area contributed by atoms with Gasteiger partial charge in [-0.3, -0.25) is 9.78 Å². The van der Waals surface area contributed by atoms with E-state index in [1.807, 2.05) is 47.1 Å². The Morgan fingerprint density at radius 2 is 1.77 bits per heavy atom. The number of benzene rings is 1. The van der Waals surface area contributed by atoms with Gasteiger partial charge in [-0.05, 0) is 37.1 Å². The molecule has 1 aliphatic heterocycles. The van der Waals surface area contributed by atoms with E-state index < -0.39 is 17.4 Å². The van der Waals surface area contributed by atoms with Crippen molar-refractivity contribution in [3.8, 4) is 0 Å². The van der Waals surface area contributed by atoms with Crippen molar-refractivity contribution in [3.63, 3.8) is 0 Å². The predicted octanol–water partition coefficient (Wildman–Crippen LogP) is 1.43. The summed E-state index contributed by atoms with van der Waals surface area (Å²) in [5, 5.41) is 19.3. The molecule has 2 aliphatic rings. The molecular weight excluding hydrogens is 396 g/mol. The van der Waals surface area contributed by atoms with Crippen LogP contribution < -0.4 is 0 Å². The highest BCUT2D eigenvalue weighted by Gasteiger charge is 2.61. The summed E-state index contributed by atoms with van der Waals surface area (Å²) in [6.45, 7) is 3.75. The van der Waals surface area contributed by atoms with Crippen LogP contribution in [0.25, 0.3) is 0 Å². The van der Waals surface area contributed by atoms with Crippen molar-refractivity contribution in [1.29, 1.82) is 0 Å². The lowest BCUT2D eigenvalue weighted by atomic mass is 10.1. The molecule has 2 N–H and O–H groups in total. The summed E-state index contributed by atoms with van der Waals surface area (Å²) in [6.07, 6.45) is 1.95. The first-order valence-electron chi connectivity index (χ1n) is 10.4. The van der Waals surface area contributed by atoms with E-state index in [1.165, 1.54) is 0 Å². The number of carboxylic acids is 1. The number of carboxylic acid groups (broad SMARTS) is 1. The number of nitrogens with zero attached hydrogens (tertiary/aromatic N) is 4. The van der Waals surface area contributed by atoms with Crippen LogP contribution in [0.3, 0.4) is 0 Å². The normalized spacial score (nSPS) is 23.5. The Morgan fingerprint density at radius 3 is 2.35 bits per heavy atom. The number of rotatable bonds is 5. The maximum atomic E-state index is 12.9. The Morgan fingerprint density at radius 1 is 1.10 bits per heavy atom. The number of carbonyl (C=O) groups excluding carboxylic acids is 1. The topological polar surface area (TPSA) is 106 Å². The molecule has 31 heavy (non-hydrogen) atoms. The molecule has 0 spiro atoms. The van der Waals surface area contributed by atoms with Crippen LogP contribution in [0.1, 0.15) is 28.0 Å². The van der Waals surface area contributed by atoms with Gasteiger partial charge in [-0.15, -0.1) is 0 Å². The summed E-state index contributed by atoms with van der Waals surface area (Å²) < 4.78 is 0. The summed E-state index contributed by atoms with van der Waals surface area (Å²) in [5.74, 6) is -0.929. The maximum Gasteiger partial charge on any atom is 0.332 e. The first kappa shape index (κ1) is 21.0. The van der Waals surface area contributed by atoms with Gasteiger partial charge in [0.2, 0.25) is 0 Å². The van der Waals surface area contributed by atoms with E-state index >= 15 is 0 Å². The van der Waals surface area contributed by atoms with E-state index in [9.17, 15) is 19.8 Å². The highest BCUT2D eigenvalue weighted by molar-refractivity contribution is 6.00. The zero-order chi connectivity index (χ0) is 22.0. The molecule has 162 valence electrons. The number of aliphatic carboxylic acids is 1. The molecule has 8 heteroatoms. The molecule has 1 aliphatic carbocycles. The van der Waals surface area contributed by atoms with Gasteiger partial charge in [-0.2, -0.15) is 0 Å². The van der Waals surface area contributed by atoms with Crippen LogP contribution >= 0.6 is 0 Å². The van der Waals surface area contributed by atoms with Gasteiger partial charge >= 0.3 is 5.97 Å². The molecule has 2 fully saturated rings. The number of amidine groups is 1. The van der Waals surface area contributed by atoms with Crippen molar-refractivity contribution in [3.05, 3.63) is 65.5 Å². The third kappa shape index (κ3) is 4.03. The van der Waals surface area contributed by atoms with Crippen molar-refractivity contribution in [1.82, 2.24) is 14.8 Å². The number of pyridine rings is 1. The number of aliphatic imine (C=N–C) groups is 1. The zero-order valence-electron chi connectivity index (χ0n) is 17.4. The molecule has 4 rings (SSSR count). The van der Waals surface area contributed by atoms with Gasteiger partial charge in [0.1, 0.15) is 5.69 Å². The van der Waals surface area contributed by atoms with Gasteiger partial charge in [0, 0.05) is 50.5 Å². The summed E-state index contributed by atoms with van der Waals surface area (Å²) in [5.41, 5.74) is 0.918. The van der Waals surface area contributed by atoms with E-state index in [-0.39, 0.29) is 12.5 Å². The van der Waals surface area contributed by atoms with Crippen LogP contribution in [0.4, 0.5) is 0 Å². The van der Waals surface area contributed by atoms with E-state index in [2.05, 4.69) is 9.98 Å². The average molecular weight is 422 g/mol. The highest BCUT2D eigenvalue weighted by Crippen LogP contribution is 2.47. The van der Waals surface area contributed by atoms with Crippen LogP contribution in [0.5, 0.6) is 0 Å². The lowest BCUT2D eigenvalue weighted by Crippen LogP contribution is -2.51. The smallest absolute Gasteiger partial charge is 0.332 e. The minimum Gasteiger partial charge on any atom is -0.479 e. The number of aryl methyl sites for hydroxylation is 1. The summed E-state index contributed by atoms with van der Waals surface area (Å²) in [4.78, 5) is 37.7. The lowest BCUT2D eigenvalue weighted by Gasteiger charge is -2.37. The number of amides is 1. The number of aliphatic hydroxyl groups is 1. The fourth-order valence-corrected chi connectivity index (χ4v) is 4.06. The fraction of sp³-hybridized carbons (Fsp3) is 0.391. The molecule has 1 aromatic heterocycles. The van der Waals surface area contributed by atoms with Crippen LogP contribution in [0, 0.1) is 12.8 Å². The van der Waals surface area contributed by atoms with E-state index in [0.717, 1.165) is 5.56 Å². The van der Waals surface area contributed by atoms with Crippen molar-refractivity contribution in [2.45, 2.75) is 18.9 Å². The number of aliphatic hydroxyl groups excluding tert-OH is 1. The van der Waals surface area contributed by atoms with Gasteiger partial charge in [0.15, 0.2) is 11.4 Å². The largest absolute Gasteiger partial charge is 0.479 e. The molecular formula is C23H26N4O4. The van der Waals surface area contributed by atoms with Crippen LogP contribution in [-0.2, 0) is 4.79 Å². The van der Waals surface area contributed by atoms with Gasteiger partial charge in [-0.1, -0.05) is 24.3 Å². The first-order valence-corrected chi connectivity index (χ1v) is 10.4. The number of piperazine rings is 1. The highest BCUT2D eigenvalue weighted by atomic mass is 16.4. The average Bonchev–Trinajstić information content (AvgIpc) is 3.53. The minimum atomic E-state index is -1.31. The van der Waals surface area contributed by atoms with E-state index in [1.54, 1.807) is 18.3 Å². The Bertz CT molecular complexity index is 1000. The third-order valence-electron chi connectivity index (χ3n) is 6.10. The van der Waals surface area contributed by atoms with Crippen molar-refractivity contribution < 1.29 is 19.8 Å². The van der Waals surface area contributed by atoms with Crippen LogP contribution in [0.2, 0.25) is 0 Å². The van der Waals surface area contributed by atoms with Gasteiger partial charge in [0.25, 0.3) is 5.91 Å². The number of hydrogen-bond acceptors (Lipinski definition) is 5. The minimum absolute atomic E-state index is 0.00128. The van der Waals surface area contributed by atoms with E-state index in [0.29, 0.717) is 49.7 Å². The summed E-state index contributed by atoms with van der Waals surface area (Å²) >= 11 is 0. The standard InChI is InChI=1S/C23H26N4O4/c1-16-6-2-3-7-18(16)21(29)27-12-10-26(11-13-27)20(19-8-4-5-9-24-19)25-23(22(30)31)14-17(23)15-28/h2-9,17,28H,10-15H2,1H3,(H,30,31). The third-order valence-corrected chi connectivity index (χ3v) is 6.10. The predicted molar refractivity (Wildman–Crippen MR) is 115 cm³/mol. The maximum absolute atomic E-state index is 12.9. The lowest BCUT2D eigenvalue weighted by molar-refractivity contribution is -0.140. The molecule has 2 heterocycles. The van der Waals surface area contributed by atoms with Crippen molar-refractivity contribution in [2.24, 2.45) is 10.9 Å². The first-order chi connectivity index (χ1) is 15.0. The zero-order valence-corrected chi connectivity index (χ0v) is 17.4. The SMILES string of the molecule is Cc1ccccc1C(=O)N1CCN(C(=NC2(C(=O)O)CC2CO)c2ccccn2)CC1. The molecule has 8 nitrogen and oxygen atoms in total.